The van der Waals surface area contributed by atoms with Crippen molar-refractivity contribution in [3.8, 4) is 0 Å². The molecule has 1 saturated carbocycles. The molecule has 2 nitrogen and oxygen atoms in total. The molecule has 0 aromatic heterocycles. The summed E-state index contributed by atoms with van der Waals surface area (Å²) in [6, 6.07) is 0. The lowest BCUT2D eigenvalue weighted by Crippen LogP contribution is -2.43. The number of nitrogens with zero attached hydrogens (tertiary/aromatic N) is 1. The van der Waals surface area contributed by atoms with Crippen molar-refractivity contribution in [1.29, 1.82) is 0 Å². The largest absolute Gasteiger partial charge is 0.316 e. The second kappa shape index (κ2) is 7.64. The van der Waals surface area contributed by atoms with Gasteiger partial charge in [0.1, 0.15) is 0 Å². The lowest BCUT2D eigenvalue weighted by molar-refractivity contribution is 0.0610. The third kappa shape index (κ3) is 4.75. The molecule has 112 valence electrons. The summed E-state index contributed by atoms with van der Waals surface area (Å²) >= 11 is 0. The predicted molar refractivity (Wildman–Crippen MR) is 83.5 cm³/mol. The topological polar surface area (TPSA) is 15.3 Å². The van der Waals surface area contributed by atoms with E-state index in [-0.39, 0.29) is 0 Å². The van der Waals surface area contributed by atoms with Crippen LogP contribution in [0.4, 0.5) is 0 Å². The van der Waals surface area contributed by atoms with Crippen LogP contribution < -0.4 is 5.32 Å². The van der Waals surface area contributed by atoms with Crippen LogP contribution in [0.25, 0.3) is 0 Å². The van der Waals surface area contributed by atoms with Crippen LogP contribution in [0.15, 0.2) is 0 Å². The van der Waals surface area contributed by atoms with Crippen molar-refractivity contribution in [2.45, 2.75) is 65.2 Å². The Labute approximate surface area is 120 Å². The van der Waals surface area contributed by atoms with Crippen molar-refractivity contribution in [1.82, 2.24) is 10.2 Å². The first kappa shape index (κ1) is 15.3. The second-order valence-electron chi connectivity index (χ2n) is 7.17. The van der Waals surface area contributed by atoms with Gasteiger partial charge < -0.3 is 10.2 Å². The Morgan fingerprint density at radius 1 is 1.05 bits per heavy atom. The highest BCUT2D eigenvalue weighted by Crippen LogP contribution is 2.44. The lowest BCUT2D eigenvalue weighted by Gasteiger charge is -2.44. The summed E-state index contributed by atoms with van der Waals surface area (Å²) in [5.74, 6) is 0.798. The van der Waals surface area contributed by atoms with E-state index < -0.39 is 0 Å². The van der Waals surface area contributed by atoms with E-state index in [2.05, 4.69) is 24.1 Å². The van der Waals surface area contributed by atoms with E-state index in [1.54, 1.807) is 0 Å². The van der Waals surface area contributed by atoms with Crippen molar-refractivity contribution in [2.75, 3.05) is 32.7 Å². The van der Waals surface area contributed by atoms with Crippen LogP contribution >= 0.6 is 0 Å². The van der Waals surface area contributed by atoms with Gasteiger partial charge in [-0.1, -0.05) is 33.1 Å². The van der Waals surface area contributed by atoms with Crippen LogP contribution in [0.2, 0.25) is 0 Å². The zero-order chi connectivity index (χ0) is 13.6. The van der Waals surface area contributed by atoms with Crippen LogP contribution in [0, 0.1) is 11.3 Å². The highest BCUT2D eigenvalue weighted by molar-refractivity contribution is 4.88. The third-order valence-corrected chi connectivity index (χ3v) is 5.32. The molecule has 1 unspecified atom stereocenters. The van der Waals surface area contributed by atoms with Gasteiger partial charge in [-0.25, -0.2) is 0 Å². The molecule has 1 spiro atoms. The maximum absolute atomic E-state index is 3.55. The molecule has 1 aliphatic carbocycles. The summed E-state index contributed by atoms with van der Waals surface area (Å²) in [5.41, 5.74) is 0.762. The fraction of sp³-hybridized carbons (Fsp3) is 1.00. The van der Waals surface area contributed by atoms with Gasteiger partial charge in [0.25, 0.3) is 0 Å². The van der Waals surface area contributed by atoms with Crippen molar-refractivity contribution in [3.63, 3.8) is 0 Å². The van der Waals surface area contributed by atoms with Crippen LogP contribution in [0.3, 0.4) is 0 Å². The van der Waals surface area contributed by atoms with Crippen LogP contribution in [-0.4, -0.2) is 37.6 Å². The number of hydrogen-bond donors (Lipinski definition) is 1. The average Bonchev–Trinajstić information content (AvgIpc) is 2.43. The minimum Gasteiger partial charge on any atom is -0.316 e. The summed E-state index contributed by atoms with van der Waals surface area (Å²) in [6.07, 6.45) is 11.7. The molecular formula is C17H34N2. The molecule has 0 amide bonds. The molecule has 1 saturated heterocycles. The van der Waals surface area contributed by atoms with Gasteiger partial charge in [-0.2, -0.15) is 0 Å². The van der Waals surface area contributed by atoms with Gasteiger partial charge in [-0.15, -0.1) is 0 Å². The molecule has 1 N–H and O–H groups in total. The van der Waals surface area contributed by atoms with Crippen molar-refractivity contribution < 1.29 is 0 Å². The highest BCUT2D eigenvalue weighted by Gasteiger charge is 2.35. The van der Waals surface area contributed by atoms with Crippen LogP contribution in [0.1, 0.15) is 65.2 Å². The lowest BCUT2D eigenvalue weighted by atomic mass is 9.68. The van der Waals surface area contributed by atoms with Gasteiger partial charge in [-0.05, 0) is 69.6 Å². The minimum absolute atomic E-state index is 0.762. The van der Waals surface area contributed by atoms with E-state index in [1.807, 2.05) is 0 Å². The van der Waals surface area contributed by atoms with E-state index in [0.717, 1.165) is 11.3 Å². The van der Waals surface area contributed by atoms with E-state index in [1.165, 1.54) is 84.1 Å². The van der Waals surface area contributed by atoms with E-state index in [9.17, 15) is 0 Å². The van der Waals surface area contributed by atoms with E-state index >= 15 is 0 Å². The van der Waals surface area contributed by atoms with Crippen LogP contribution in [0.5, 0.6) is 0 Å². The molecular weight excluding hydrogens is 232 g/mol. The summed E-state index contributed by atoms with van der Waals surface area (Å²) < 4.78 is 0. The Balaban J connectivity index is 1.65. The molecule has 2 fully saturated rings. The van der Waals surface area contributed by atoms with Crippen LogP contribution in [-0.2, 0) is 0 Å². The van der Waals surface area contributed by atoms with Crippen molar-refractivity contribution in [3.05, 3.63) is 0 Å². The number of piperidine rings is 1. The molecule has 2 aliphatic rings. The number of likely N-dealkylation sites (tertiary alicyclic amines) is 1. The molecule has 1 heterocycles. The molecule has 1 atom stereocenters. The second-order valence-corrected chi connectivity index (χ2v) is 7.17. The molecule has 1 aliphatic heterocycles. The average molecular weight is 266 g/mol. The van der Waals surface area contributed by atoms with Crippen molar-refractivity contribution >= 4 is 0 Å². The smallest absolute Gasteiger partial charge is 0.00191 e. The minimum atomic E-state index is 0.762. The first-order valence-corrected chi connectivity index (χ1v) is 8.67. The predicted octanol–water partition coefficient (Wildman–Crippen LogP) is 3.67. The Kier molecular flexibility index (Phi) is 6.15. The standard InChI is InChI=1S/C17H34N2/c1-3-11-18-14-16(2)15-19-12-9-17(10-13-19)7-5-4-6-8-17/h16,18H,3-15H2,1-2H3. The number of hydrogen-bond acceptors (Lipinski definition) is 2. The SMILES string of the molecule is CCCNCC(C)CN1CCC2(CCCCC2)CC1. The number of nitrogens with one attached hydrogen (secondary N) is 1. The van der Waals surface area contributed by atoms with Gasteiger partial charge in [0.2, 0.25) is 0 Å². The zero-order valence-electron chi connectivity index (χ0n) is 13.2. The molecule has 19 heavy (non-hydrogen) atoms. The summed E-state index contributed by atoms with van der Waals surface area (Å²) in [6.45, 7) is 11.0. The van der Waals surface area contributed by atoms with E-state index in [0.29, 0.717) is 0 Å². The fourth-order valence-corrected chi connectivity index (χ4v) is 4.04. The molecule has 0 aromatic rings. The summed E-state index contributed by atoms with van der Waals surface area (Å²) in [7, 11) is 0. The number of rotatable bonds is 6. The fourth-order valence-electron chi connectivity index (χ4n) is 4.04. The van der Waals surface area contributed by atoms with E-state index in [4.69, 9.17) is 0 Å². The first-order chi connectivity index (χ1) is 9.24. The maximum Gasteiger partial charge on any atom is 0.00191 e. The first-order valence-electron chi connectivity index (χ1n) is 8.67. The zero-order valence-corrected chi connectivity index (χ0v) is 13.2. The highest BCUT2D eigenvalue weighted by atomic mass is 15.1. The Morgan fingerprint density at radius 3 is 2.37 bits per heavy atom. The molecule has 2 heteroatoms. The molecule has 0 bridgehead atoms. The Hall–Kier alpha value is -0.0800. The summed E-state index contributed by atoms with van der Waals surface area (Å²) in [4.78, 5) is 2.72. The maximum atomic E-state index is 3.55. The van der Waals surface area contributed by atoms with Gasteiger partial charge in [0, 0.05) is 6.54 Å². The summed E-state index contributed by atoms with van der Waals surface area (Å²) in [5, 5.41) is 3.55. The van der Waals surface area contributed by atoms with Gasteiger partial charge in [0.05, 0.1) is 0 Å². The quantitative estimate of drug-likeness (QED) is 0.738. The van der Waals surface area contributed by atoms with Gasteiger partial charge >= 0.3 is 0 Å². The van der Waals surface area contributed by atoms with Gasteiger partial charge in [0.15, 0.2) is 0 Å². The Bertz CT molecular complexity index is 236. The van der Waals surface area contributed by atoms with Crippen molar-refractivity contribution in [2.24, 2.45) is 11.3 Å². The Morgan fingerprint density at radius 2 is 1.74 bits per heavy atom. The molecule has 0 radical (unpaired) electrons. The monoisotopic (exact) mass is 266 g/mol. The van der Waals surface area contributed by atoms with Gasteiger partial charge in [-0.3, -0.25) is 0 Å². The normalized spacial score (nSPS) is 25.6. The molecule has 0 aromatic carbocycles. The third-order valence-electron chi connectivity index (χ3n) is 5.32. The molecule has 2 rings (SSSR count).